The molecule has 0 aliphatic heterocycles. The third-order valence-electron chi connectivity index (χ3n) is 4.89. The second-order valence-electron chi connectivity index (χ2n) is 8.29. The van der Waals surface area contributed by atoms with Gasteiger partial charge in [0.15, 0.2) is 0 Å². The predicted molar refractivity (Wildman–Crippen MR) is 157 cm³/mol. The molecule has 0 bridgehead atoms. The van der Waals surface area contributed by atoms with Crippen LogP contribution in [0.25, 0.3) is 18.8 Å². The minimum atomic E-state index is -4.74. The Morgan fingerprint density at radius 3 is 1.50 bits per heavy atom. The van der Waals surface area contributed by atoms with Crippen molar-refractivity contribution in [3.8, 4) is 0 Å². The van der Waals surface area contributed by atoms with Crippen LogP contribution in [0.15, 0.2) is 31.5 Å². The monoisotopic (exact) mass is 710 g/mol. The average molecular weight is 711 g/mol. The van der Waals surface area contributed by atoms with Crippen LogP contribution in [-0.4, -0.2) is 20.8 Å². The van der Waals surface area contributed by atoms with Crippen LogP contribution < -0.4 is 8.11 Å². The van der Waals surface area contributed by atoms with Crippen LogP contribution in [0.5, 0.6) is 0 Å². The second kappa shape index (κ2) is 13.2. The molecule has 4 rings (SSSR count). The molecule has 0 saturated heterocycles. The molecule has 0 atom stereocenters. The molecular formula is C22H16F6N2O6S6. The molecule has 2 aromatic carbocycles. The average Bonchev–Trinajstić information content (AvgIpc) is 3.42. The number of nitrogens with zero attached hydrogens (tertiary/aromatic N) is 2. The van der Waals surface area contributed by atoms with E-state index in [9.17, 15) is 56.2 Å². The number of fused-ring (bicyclic) bond motifs is 2. The lowest BCUT2D eigenvalue weighted by molar-refractivity contribution is -0.387. The van der Waals surface area contributed by atoms with Gasteiger partial charge in [0.25, 0.3) is 19.5 Å². The molecule has 8 nitrogen and oxygen atoms in total. The van der Waals surface area contributed by atoms with Crippen molar-refractivity contribution in [1.82, 2.24) is 0 Å². The van der Waals surface area contributed by atoms with E-state index in [2.05, 4.69) is 0 Å². The van der Waals surface area contributed by atoms with Crippen molar-refractivity contribution < 1.29 is 36.2 Å². The number of nitro benzene ring substituents is 2. The van der Waals surface area contributed by atoms with Crippen LogP contribution in [0, 0.1) is 20.2 Å². The Morgan fingerprint density at radius 1 is 0.762 bits per heavy atom. The number of alkyl halides is 6. The quantitative estimate of drug-likeness (QED) is 0.0805. The number of hydrogen-bond donors (Lipinski definition) is 0. The maximum absolute atomic E-state index is 13.0. The topological polar surface area (TPSA) is 120 Å². The molecule has 0 unspecified atom stereocenters. The Morgan fingerprint density at radius 2 is 1.14 bits per heavy atom. The summed E-state index contributed by atoms with van der Waals surface area (Å²) in [5.41, 5.74) is -3.45. The minimum absolute atomic E-state index is 0.0465. The third-order valence-corrected chi connectivity index (χ3v) is 12.0. The Bertz CT molecular complexity index is 1770. The van der Waals surface area contributed by atoms with E-state index in [1.807, 2.05) is 6.92 Å². The zero-order chi connectivity index (χ0) is 31.7. The summed E-state index contributed by atoms with van der Waals surface area (Å²) in [4.78, 5) is 43.7. The summed E-state index contributed by atoms with van der Waals surface area (Å²) < 4.78 is 76.9. The number of halogens is 6. The molecule has 4 aromatic rings. The summed E-state index contributed by atoms with van der Waals surface area (Å²) in [7, 11) is 0. The van der Waals surface area contributed by atoms with Crippen molar-refractivity contribution >= 4 is 99.0 Å². The molecule has 228 valence electrons. The van der Waals surface area contributed by atoms with E-state index in [-0.39, 0.29) is 33.8 Å². The fourth-order valence-corrected chi connectivity index (χ4v) is 10.2. The summed E-state index contributed by atoms with van der Waals surface area (Å²) in [5.74, 6) is 0.526. The summed E-state index contributed by atoms with van der Waals surface area (Å²) in [5, 5.41) is 22.1. The van der Waals surface area contributed by atoms with E-state index in [0.717, 1.165) is 23.5 Å². The van der Waals surface area contributed by atoms with Crippen molar-refractivity contribution in [2.24, 2.45) is 0 Å². The minimum Gasteiger partial charge on any atom is -0.265 e. The summed E-state index contributed by atoms with van der Waals surface area (Å²) >= 11 is 4.40. The highest BCUT2D eigenvalue weighted by molar-refractivity contribution is 8.00. The van der Waals surface area contributed by atoms with Gasteiger partial charge in [-0.3, -0.25) is 29.8 Å². The first-order chi connectivity index (χ1) is 19.4. The van der Waals surface area contributed by atoms with Crippen LogP contribution in [-0.2, 0) is 12.4 Å². The van der Waals surface area contributed by atoms with E-state index < -0.39 is 52.8 Å². The molecule has 0 spiro atoms. The molecule has 2 aromatic heterocycles. The molecule has 0 N–H and O–H groups in total. The van der Waals surface area contributed by atoms with Gasteiger partial charge in [0.1, 0.15) is 9.79 Å². The standard InChI is InChI=1S/2C11H8F3NO3S3/c1-4(2)19-8-6(15(17)18)3-5(11(12,13)14)7-9(8)21-10(16)20-7;1-2-3-19-8-6(15(17)18)4-5(11(12,13)14)7-9(8)21-10(16)20-7/h3-4H,1-2H3;4H,2-3H2,1H3. The lowest BCUT2D eigenvalue weighted by atomic mass is 10.2. The highest BCUT2D eigenvalue weighted by Crippen LogP contribution is 2.48. The van der Waals surface area contributed by atoms with Crippen LogP contribution in [0.1, 0.15) is 38.3 Å². The van der Waals surface area contributed by atoms with E-state index in [1.165, 1.54) is 0 Å². The van der Waals surface area contributed by atoms with Crippen LogP contribution in [0.2, 0.25) is 0 Å². The van der Waals surface area contributed by atoms with Crippen molar-refractivity contribution in [3.63, 3.8) is 0 Å². The molecule has 42 heavy (non-hydrogen) atoms. The van der Waals surface area contributed by atoms with E-state index in [0.29, 0.717) is 69.7 Å². The van der Waals surface area contributed by atoms with Gasteiger partial charge in [-0.1, -0.05) is 66.1 Å². The van der Waals surface area contributed by atoms with E-state index >= 15 is 0 Å². The first kappa shape index (κ1) is 34.2. The van der Waals surface area contributed by atoms with Gasteiger partial charge >= 0.3 is 12.4 Å². The number of benzene rings is 2. The smallest absolute Gasteiger partial charge is 0.265 e. The molecule has 0 aliphatic rings. The molecule has 20 heteroatoms. The maximum atomic E-state index is 13.0. The van der Waals surface area contributed by atoms with Gasteiger partial charge in [0.05, 0.1) is 39.8 Å². The molecule has 2 heterocycles. The summed E-state index contributed by atoms with van der Waals surface area (Å²) in [6.07, 6.45) is -8.77. The highest BCUT2D eigenvalue weighted by atomic mass is 32.2. The second-order valence-corrected chi connectivity index (χ2v) is 15.4. The maximum Gasteiger partial charge on any atom is 0.418 e. The van der Waals surface area contributed by atoms with Crippen molar-refractivity contribution in [1.29, 1.82) is 0 Å². The predicted octanol–water partition coefficient (Wildman–Crippen LogP) is 9.50. The van der Waals surface area contributed by atoms with Gasteiger partial charge in [-0.2, -0.15) is 26.3 Å². The first-order valence-corrected chi connectivity index (χ1v) is 16.4. The summed E-state index contributed by atoms with van der Waals surface area (Å²) in [6.45, 7) is 5.40. The molecule has 0 radical (unpaired) electrons. The van der Waals surface area contributed by atoms with Crippen LogP contribution >= 0.6 is 68.9 Å². The zero-order valence-electron chi connectivity index (χ0n) is 21.2. The molecule has 0 fully saturated rings. The fourth-order valence-electron chi connectivity index (χ4n) is 3.37. The Kier molecular flexibility index (Phi) is 10.7. The number of hydrogen-bond acceptors (Lipinski definition) is 12. The van der Waals surface area contributed by atoms with Crippen molar-refractivity contribution in [3.05, 3.63) is 61.2 Å². The van der Waals surface area contributed by atoms with Crippen molar-refractivity contribution in [2.45, 2.75) is 54.6 Å². The fraction of sp³-hybridized carbons (Fsp3) is 0.364. The third kappa shape index (κ3) is 7.62. The Labute approximate surface area is 255 Å². The molecule has 0 amide bonds. The van der Waals surface area contributed by atoms with Gasteiger partial charge in [0.2, 0.25) is 0 Å². The lowest BCUT2D eigenvalue weighted by Gasteiger charge is -2.11. The first-order valence-electron chi connectivity index (χ1n) is 11.3. The largest absolute Gasteiger partial charge is 0.418 e. The van der Waals surface area contributed by atoms with Gasteiger partial charge in [-0.15, -0.1) is 23.5 Å². The zero-order valence-corrected chi connectivity index (χ0v) is 26.1. The van der Waals surface area contributed by atoms with E-state index in [1.54, 1.807) is 13.8 Å². The lowest BCUT2D eigenvalue weighted by Crippen LogP contribution is -2.07. The summed E-state index contributed by atoms with van der Waals surface area (Å²) in [6, 6.07) is 1.05. The molecule has 0 aliphatic carbocycles. The number of thioether (sulfide) groups is 2. The Balaban J connectivity index is 0.000000230. The van der Waals surface area contributed by atoms with Gasteiger partial charge < -0.3 is 0 Å². The SMILES string of the molecule is CC(C)Sc1c([N+](=O)[O-])cc(C(F)(F)F)c2sc(=O)sc12.CCCSc1c([N+](=O)[O-])cc(C(F)(F)F)c2sc(=O)sc12. The number of rotatable bonds is 7. The number of nitro groups is 2. The van der Waals surface area contributed by atoms with Gasteiger partial charge in [-0.25, -0.2) is 0 Å². The normalized spacial score (nSPS) is 12.1. The van der Waals surface area contributed by atoms with Crippen LogP contribution in [0.4, 0.5) is 37.7 Å². The van der Waals surface area contributed by atoms with Crippen LogP contribution in [0.3, 0.4) is 0 Å². The Hall–Kier alpha value is -2.26. The highest BCUT2D eigenvalue weighted by Gasteiger charge is 2.39. The van der Waals surface area contributed by atoms with Gasteiger partial charge in [0, 0.05) is 17.4 Å². The molecule has 0 saturated carbocycles. The van der Waals surface area contributed by atoms with Gasteiger partial charge in [-0.05, 0) is 12.2 Å². The van der Waals surface area contributed by atoms with Crippen molar-refractivity contribution in [2.75, 3.05) is 5.75 Å². The molecular weight excluding hydrogens is 695 g/mol. The van der Waals surface area contributed by atoms with E-state index in [4.69, 9.17) is 0 Å².